The van der Waals surface area contributed by atoms with Gasteiger partial charge < -0.3 is 15.7 Å². The van der Waals surface area contributed by atoms with E-state index in [9.17, 15) is 4.79 Å². The summed E-state index contributed by atoms with van der Waals surface area (Å²) in [6.45, 7) is 3.63. The number of amides is 1. The predicted molar refractivity (Wildman–Crippen MR) is 59.3 cm³/mol. The largest absolute Gasteiger partial charge is 0.396 e. The van der Waals surface area contributed by atoms with Gasteiger partial charge in [-0.3, -0.25) is 4.79 Å². The lowest BCUT2D eigenvalue weighted by Crippen LogP contribution is -2.49. The zero-order valence-electron chi connectivity index (χ0n) is 9.48. The van der Waals surface area contributed by atoms with Crippen molar-refractivity contribution in [3.05, 3.63) is 0 Å². The first-order valence-corrected chi connectivity index (χ1v) is 5.81. The van der Waals surface area contributed by atoms with Crippen LogP contribution in [0.1, 0.15) is 32.6 Å². The van der Waals surface area contributed by atoms with E-state index >= 15 is 0 Å². The van der Waals surface area contributed by atoms with Gasteiger partial charge in [0, 0.05) is 32.2 Å². The first-order chi connectivity index (χ1) is 7.17. The third-order valence-electron chi connectivity index (χ3n) is 3.00. The van der Waals surface area contributed by atoms with E-state index in [1.165, 1.54) is 0 Å². The standard InChI is InChI=1S/C11H22N2O2/c1-2-11(15)13-7-9(4-3-5-14)6-10(12)8-13/h9-10,14H,2-8,12H2,1H3. The van der Waals surface area contributed by atoms with Crippen molar-refractivity contribution in [3.8, 4) is 0 Å². The van der Waals surface area contributed by atoms with Gasteiger partial charge in [0.15, 0.2) is 0 Å². The number of carbonyl (C=O) groups is 1. The summed E-state index contributed by atoms with van der Waals surface area (Å²) in [5.74, 6) is 0.663. The Labute approximate surface area is 91.4 Å². The Balaban J connectivity index is 2.44. The Morgan fingerprint density at radius 3 is 2.87 bits per heavy atom. The highest BCUT2D eigenvalue weighted by atomic mass is 16.2. The smallest absolute Gasteiger partial charge is 0.222 e. The maximum absolute atomic E-state index is 11.6. The SMILES string of the molecule is CCC(=O)N1CC(N)CC(CCCO)C1. The van der Waals surface area contributed by atoms with Gasteiger partial charge in [0.05, 0.1) is 0 Å². The average molecular weight is 214 g/mol. The van der Waals surface area contributed by atoms with Crippen LogP contribution >= 0.6 is 0 Å². The Morgan fingerprint density at radius 2 is 2.27 bits per heavy atom. The minimum Gasteiger partial charge on any atom is -0.396 e. The molecule has 0 aliphatic carbocycles. The molecule has 1 aliphatic heterocycles. The molecule has 88 valence electrons. The molecule has 3 N–H and O–H groups in total. The molecule has 0 aromatic carbocycles. The van der Waals surface area contributed by atoms with Gasteiger partial charge in [0.1, 0.15) is 0 Å². The van der Waals surface area contributed by atoms with E-state index in [0.717, 1.165) is 25.8 Å². The molecule has 4 nitrogen and oxygen atoms in total. The second-order valence-corrected chi connectivity index (χ2v) is 4.38. The van der Waals surface area contributed by atoms with E-state index in [-0.39, 0.29) is 18.6 Å². The molecule has 0 radical (unpaired) electrons. The highest BCUT2D eigenvalue weighted by Gasteiger charge is 2.26. The molecule has 2 unspecified atom stereocenters. The average Bonchev–Trinajstić information content (AvgIpc) is 2.24. The molecule has 1 amide bonds. The summed E-state index contributed by atoms with van der Waals surface area (Å²) in [4.78, 5) is 13.4. The summed E-state index contributed by atoms with van der Waals surface area (Å²) < 4.78 is 0. The van der Waals surface area contributed by atoms with E-state index in [2.05, 4.69) is 0 Å². The number of likely N-dealkylation sites (tertiary alicyclic amines) is 1. The number of hydrogen-bond donors (Lipinski definition) is 2. The van der Waals surface area contributed by atoms with Crippen LogP contribution in [0.3, 0.4) is 0 Å². The van der Waals surface area contributed by atoms with Crippen molar-refractivity contribution in [3.63, 3.8) is 0 Å². The molecule has 15 heavy (non-hydrogen) atoms. The maximum atomic E-state index is 11.6. The van der Waals surface area contributed by atoms with Crippen molar-refractivity contribution >= 4 is 5.91 Å². The van der Waals surface area contributed by atoms with Crippen LogP contribution in [0.2, 0.25) is 0 Å². The third kappa shape index (κ3) is 3.80. The van der Waals surface area contributed by atoms with Gasteiger partial charge in [-0.2, -0.15) is 0 Å². The summed E-state index contributed by atoms with van der Waals surface area (Å²) >= 11 is 0. The van der Waals surface area contributed by atoms with Gasteiger partial charge in [-0.15, -0.1) is 0 Å². The van der Waals surface area contributed by atoms with Crippen molar-refractivity contribution in [1.82, 2.24) is 4.90 Å². The van der Waals surface area contributed by atoms with Crippen LogP contribution in [0.5, 0.6) is 0 Å². The molecule has 0 saturated carbocycles. The Morgan fingerprint density at radius 1 is 1.53 bits per heavy atom. The molecule has 0 aromatic heterocycles. The lowest BCUT2D eigenvalue weighted by molar-refractivity contribution is -0.133. The molecular weight excluding hydrogens is 192 g/mol. The number of rotatable bonds is 4. The van der Waals surface area contributed by atoms with Crippen LogP contribution in [0.15, 0.2) is 0 Å². The fourth-order valence-electron chi connectivity index (χ4n) is 2.26. The van der Waals surface area contributed by atoms with Crippen LogP contribution in [0, 0.1) is 5.92 Å². The molecule has 4 heteroatoms. The first-order valence-electron chi connectivity index (χ1n) is 5.81. The lowest BCUT2D eigenvalue weighted by atomic mass is 9.90. The van der Waals surface area contributed by atoms with Crippen LogP contribution in [-0.4, -0.2) is 41.7 Å². The Bertz CT molecular complexity index is 209. The maximum Gasteiger partial charge on any atom is 0.222 e. The van der Waals surface area contributed by atoms with Gasteiger partial charge in [-0.25, -0.2) is 0 Å². The van der Waals surface area contributed by atoms with E-state index in [4.69, 9.17) is 10.8 Å². The molecule has 1 rings (SSSR count). The van der Waals surface area contributed by atoms with E-state index in [1.54, 1.807) is 0 Å². The number of carbonyl (C=O) groups excluding carboxylic acids is 1. The molecule has 0 bridgehead atoms. The van der Waals surface area contributed by atoms with E-state index < -0.39 is 0 Å². The van der Waals surface area contributed by atoms with Gasteiger partial charge in [0.2, 0.25) is 5.91 Å². The second-order valence-electron chi connectivity index (χ2n) is 4.38. The fraction of sp³-hybridized carbons (Fsp3) is 0.909. The monoisotopic (exact) mass is 214 g/mol. The second kappa shape index (κ2) is 6.08. The number of nitrogens with two attached hydrogens (primary N) is 1. The van der Waals surface area contributed by atoms with E-state index in [1.807, 2.05) is 11.8 Å². The lowest BCUT2D eigenvalue weighted by Gasteiger charge is -2.36. The third-order valence-corrected chi connectivity index (χ3v) is 3.00. The molecular formula is C11H22N2O2. The van der Waals surface area contributed by atoms with Crippen molar-refractivity contribution in [2.75, 3.05) is 19.7 Å². The highest BCUT2D eigenvalue weighted by Crippen LogP contribution is 2.20. The number of piperidine rings is 1. The summed E-state index contributed by atoms with van der Waals surface area (Å²) in [6.07, 6.45) is 3.32. The van der Waals surface area contributed by atoms with Crippen molar-refractivity contribution < 1.29 is 9.90 Å². The molecule has 1 fully saturated rings. The number of aliphatic hydroxyl groups excluding tert-OH is 1. The summed E-state index contributed by atoms with van der Waals surface area (Å²) in [5.41, 5.74) is 5.92. The molecule has 1 saturated heterocycles. The molecule has 0 spiro atoms. The Kier molecular flexibility index (Phi) is 5.05. The minimum atomic E-state index is 0.109. The molecule has 2 atom stereocenters. The summed E-state index contributed by atoms with van der Waals surface area (Å²) in [5, 5.41) is 8.77. The molecule has 0 aromatic rings. The van der Waals surface area contributed by atoms with Crippen molar-refractivity contribution in [2.24, 2.45) is 11.7 Å². The van der Waals surface area contributed by atoms with Crippen LogP contribution in [0.4, 0.5) is 0 Å². The minimum absolute atomic E-state index is 0.109. The normalized spacial score (nSPS) is 26.7. The van der Waals surface area contributed by atoms with Gasteiger partial charge in [0.25, 0.3) is 0 Å². The molecule has 1 aliphatic rings. The van der Waals surface area contributed by atoms with Gasteiger partial charge in [-0.1, -0.05) is 6.92 Å². The summed E-state index contributed by atoms with van der Waals surface area (Å²) in [6, 6.07) is 0.109. The topological polar surface area (TPSA) is 66.6 Å². The van der Waals surface area contributed by atoms with Crippen LogP contribution in [0.25, 0.3) is 0 Å². The fourth-order valence-corrected chi connectivity index (χ4v) is 2.26. The van der Waals surface area contributed by atoms with Crippen molar-refractivity contribution in [1.29, 1.82) is 0 Å². The van der Waals surface area contributed by atoms with Crippen LogP contribution in [-0.2, 0) is 4.79 Å². The highest BCUT2D eigenvalue weighted by molar-refractivity contribution is 5.75. The quantitative estimate of drug-likeness (QED) is 0.709. The zero-order chi connectivity index (χ0) is 11.3. The number of aliphatic hydroxyl groups is 1. The predicted octanol–water partition coefficient (Wildman–Crippen LogP) is 0.345. The molecule has 1 heterocycles. The van der Waals surface area contributed by atoms with Crippen LogP contribution < -0.4 is 5.73 Å². The van der Waals surface area contributed by atoms with Gasteiger partial charge >= 0.3 is 0 Å². The first kappa shape index (κ1) is 12.5. The van der Waals surface area contributed by atoms with Crippen molar-refractivity contribution in [2.45, 2.75) is 38.6 Å². The Hall–Kier alpha value is -0.610. The van der Waals surface area contributed by atoms with E-state index in [0.29, 0.717) is 18.9 Å². The zero-order valence-corrected chi connectivity index (χ0v) is 9.48. The van der Waals surface area contributed by atoms with Gasteiger partial charge in [-0.05, 0) is 25.2 Å². The number of nitrogens with zero attached hydrogens (tertiary/aromatic N) is 1. The number of hydrogen-bond acceptors (Lipinski definition) is 3. The summed E-state index contributed by atoms with van der Waals surface area (Å²) in [7, 11) is 0.